The molecule has 0 amide bonds. The van der Waals surface area contributed by atoms with Gasteiger partial charge in [-0.05, 0) is 6.07 Å². The van der Waals surface area contributed by atoms with Crippen molar-refractivity contribution in [1.82, 2.24) is 15.0 Å². The Kier molecular flexibility index (Phi) is 3.08. The minimum Gasteiger partial charge on any atom is -0.486 e. The molecule has 6 nitrogen and oxygen atoms in total. The van der Waals surface area contributed by atoms with E-state index in [1.165, 1.54) is 0 Å². The van der Waals surface area contributed by atoms with Crippen LogP contribution in [-0.2, 0) is 13.5 Å². The Morgan fingerprint density at radius 3 is 3.00 bits per heavy atom. The first kappa shape index (κ1) is 12.0. The van der Waals surface area contributed by atoms with Crippen molar-refractivity contribution in [2.75, 3.05) is 13.2 Å². The van der Waals surface area contributed by atoms with Crippen LogP contribution in [0.3, 0.4) is 0 Å². The average molecular weight is 260 g/mol. The number of para-hydroxylation sites is 1. The van der Waals surface area contributed by atoms with Crippen LogP contribution in [0, 0.1) is 0 Å². The van der Waals surface area contributed by atoms with Gasteiger partial charge in [-0.25, -0.2) is 0 Å². The lowest BCUT2D eigenvalue weighted by molar-refractivity contribution is 0.169. The van der Waals surface area contributed by atoms with E-state index >= 15 is 0 Å². The normalized spacial score (nSPS) is 15.3. The third kappa shape index (κ3) is 2.39. The zero-order chi connectivity index (χ0) is 13.2. The van der Waals surface area contributed by atoms with E-state index in [0.717, 1.165) is 22.8 Å². The summed E-state index contributed by atoms with van der Waals surface area (Å²) in [7, 11) is 1.84. The number of nitrogens with two attached hydrogens (primary N) is 1. The first-order valence-electron chi connectivity index (χ1n) is 6.23. The van der Waals surface area contributed by atoms with Gasteiger partial charge in [0.2, 0.25) is 0 Å². The Bertz CT molecular complexity index is 582. The van der Waals surface area contributed by atoms with Crippen molar-refractivity contribution in [3.05, 3.63) is 35.7 Å². The Labute approximate surface area is 111 Å². The standard InChI is InChI=1S/C13H16N4O2/c1-17-8-9(15-16-17)7-11(14)10-3-2-4-12-13(10)19-6-5-18-12/h2-4,8,11H,5-7,14H2,1H3. The van der Waals surface area contributed by atoms with Gasteiger partial charge in [-0.15, -0.1) is 5.10 Å². The van der Waals surface area contributed by atoms with Crippen molar-refractivity contribution in [2.24, 2.45) is 12.8 Å². The van der Waals surface area contributed by atoms with E-state index in [2.05, 4.69) is 10.3 Å². The molecule has 6 heteroatoms. The van der Waals surface area contributed by atoms with Crippen LogP contribution in [0.5, 0.6) is 11.5 Å². The maximum Gasteiger partial charge on any atom is 0.166 e. The number of aryl methyl sites for hydroxylation is 1. The first-order chi connectivity index (χ1) is 9.24. The van der Waals surface area contributed by atoms with Crippen molar-refractivity contribution in [1.29, 1.82) is 0 Å². The molecule has 0 spiro atoms. The number of ether oxygens (including phenoxy) is 2. The molecule has 1 aliphatic rings. The van der Waals surface area contributed by atoms with Crippen LogP contribution in [-0.4, -0.2) is 28.2 Å². The van der Waals surface area contributed by atoms with Crippen molar-refractivity contribution in [3.63, 3.8) is 0 Å². The first-order valence-corrected chi connectivity index (χ1v) is 6.23. The van der Waals surface area contributed by atoms with E-state index in [1.54, 1.807) is 4.68 Å². The lowest BCUT2D eigenvalue weighted by atomic mass is 10.0. The summed E-state index contributed by atoms with van der Waals surface area (Å²) < 4.78 is 12.9. The van der Waals surface area contributed by atoms with Gasteiger partial charge in [0, 0.05) is 31.3 Å². The molecular formula is C13H16N4O2. The summed E-state index contributed by atoms with van der Waals surface area (Å²) in [5.41, 5.74) is 8.06. The predicted octanol–water partition coefficient (Wildman–Crippen LogP) is 0.829. The summed E-state index contributed by atoms with van der Waals surface area (Å²) in [6.07, 6.45) is 2.49. The second-order valence-corrected chi connectivity index (χ2v) is 4.57. The van der Waals surface area contributed by atoms with Crippen molar-refractivity contribution >= 4 is 0 Å². The maximum absolute atomic E-state index is 6.25. The summed E-state index contributed by atoms with van der Waals surface area (Å²) in [6, 6.07) is 5.61. The molecule has 100 valence electrons. The maximum atomic E-state index is 6.25. The van der Waals surface area contributed by atoms with Crippen LogP contribution in [0.4, 0.5) is 0 Å². The van der Waals surface area contributed by atoms with Gasteiger partial charge in [0.1, 0.15) is 13.2 Å². The van der Waals surface area contributed by atoms with Crippen LogP contribution in [0.25, 0.3) is 0 Å². The van der Waals surface area contributed by atoms with Crippen molar-refractivity contribution < 1.29 is 9.47 Å². The molecule has 19 heavy (non-hydrogen) atoms. The average Bonchev–Trinajstić information content (AvgIpc) is 2.83. The van der Waals surface area contributed by atoms with Crippen molar-refractivity contribution in [2.45, 2.75) is 12.5 Å². The third-order valence-corrected chi connectivity index (χ3v) is 3.08. The molecule has 2 heterocycles. The van der Waals surface area contributed by atoms with Crippen LogP contribution >= 0.6 is 0 Å². The zero-order valence-corrected chi connectivity index (χ0v) is 10.7. The number of fused-ring (bicyclic) bond motifs is 1. The summed E-state index contributed by atoms with van der Waals surface area (Å²) in [5, 5.41) is 7.96. The monoisotopic (exact) mass is 260 g/mol. The molecule has 0 aliphatic carbocycles. The molecule has 0 saturated heterocycles. The van der Waals surface area contributed by atoms with Crippen molar-refractivity contribution in [3.8, 4) is 11.5 Å². The molecule has 3 rings (SSSR count). The fraction of sp³-hybridized carbons (Fsp3) is 0.385. The SMILES string of the molecule is Cn1cc(CC(N)c2cccc3c2OCCO3)nn1. The van der Waals surface area contributed by atoms with E-state index in [1.807, 2.05) is 31.4 Å². The molecule has 0 bridgehead atoms. The molecule has 1 unspecified atom stereocenters. The molecule has 1 atom stereocenters. The molecule has 2 aromatic rings. The molecule has 1 aromatic heterocycles. The van der Waals surface area contributed by atoms with Gasteiger partial charge in [0.15, 0.2) is 11.5 Å². The fourth-order valence-electron chi connectivity index (χ4n) is 2.21. The second-order valence-electron chi connectivity index (χ2n) is 4.57. The summed E-state index contributed by atoms with van der Waals surface area (Å²) in [5.74, 6) is 1.52. The van der Waals surface area contributed by atoms with Crippen LogP contribution in [0.1, 0.15) is 17.3 Å². The summed E-state index contributed by atoms with van der Waals surface area (Å²) in [4.78, 5) is 0. The highest BCUT2D eigenvalue weighted by atomic mass is 16.6. The summed E-state index contributed by atoms with van der Waals surface area (Å²) >= 11 is 0. The molecule has 1 aliphatic heterocycles. The number of nitrogens with zero attached hydrogens (tertiary/aromatic N) is 3. The topological polar surface area (TPSA) is 75.2 Å². The Balaban J connectivity index is 1.85. The van der Waals surface area contributed by atoms with Gasteiger partial charge in [-0.1, -0.05) is 17.3 Å². The van der Waals surface area contributed by atoms with E-state index in [4.69, 9.17) is 15.2 Å². The molecular weight excluding hydrogens is 244 g/mol. The predicted molar refractivity (Wildman–Crippen MR) is 69.1 cm³/mol. The number of benzene rings is 1. The molecule has 0 fully saturated rings. The number of hydrogen-bond donors (Lipinski definition) is 1. The Morgan fingerprint density at radius 1 is 1.37 bits per heavy atom. The van der Waals surface area contributed by atoms with E-state index in [9.17, 15) is 0 Å². The van der Waals surface area contributed by atoms with Crippen LogP contribution in [0.2, 0.25) is 0 Å². The Morgan fingerprint density at radius 2 is 2.21 bits per heavy atom. The number of aromatic nitrogens is 3. The number of rotatable bonds is 3. The molecule has 1 aromatic carbocycles. The molecule has 0 radical (unpaired) electrons. The van der Waals surface area contributed by atoms with Gasteiger partial charge in [0.25, 0.3) is 0 Å². The van der Waals surface area contributed by atoms with Gasteiger partial charge >= 0.3 is 0 Å². The quantitative estimate of drug-likeness (QED) is 0.884. The zero-order valence-electron chi connectivity index (χ0n) is 10.7. The summed E-state index contributed by atoms with van der Waals surface area (Å²) in [6.45, 7) is 1.14. The number of hydrogen-bond acceptors (Lipinski definition) is 5. The molecule has 0 saturated carbocycles. The van der Waals surface area contributed by atoms with Crippen LogP contribution in [0.15, 0.2) is 24.4 Å². The molecule has 2 N–H and O–H groups in total. The fourth-order valence-corrected chi connectivity index (χ4v) is 2.21. The lowest BCUT2D eigenvalue weighted by Gasteiger charge is -2.23. The second kappa shape index (κ2) is 4.89. The van der Waals surface area contributed by atoms with Gasteiger partial charge in [-0.2, -0.15) is 0 Å². The highest BCUT2D eigenvalue weighted by Crippen LogP contribution is 2.36. The minimum absolute atomic E-state index is 0.187. The lowest BCUT2D eigenvalue weighted by Crippen LogP contribution is -2.20. The highest BCUT2D eigenvalue weighted by Gasteiger charge is 2.20. The minimum atomic E-state index is -0.187. The largest absolute Gasteiger partial charge is 0.486 e. The van der Waals surface area contributed by atoms with E-state index in [-0.39, 0.29) is 6.04 Å². The van der Waals surface area contributed by atoms with Gasteiger partial charge < -0.3 is 15.2 Å². The van der Waals surface area contributed by atoms with E-state index in [0.29, 0.717) is 19.6 Å². The highest BCUT2D eigenvalue weighted by molar-refractivity contribution is 5.49. The Hall–Kier alpha value is -2.08. The van der Waals surface area contributed by atoms with E-state index < -0.39 is 0 Å². The van der Waals surface area contributed by atoms with Gasteiger partial charge in [0.05, 0.1) is 5.69 Å². The smallest absolute Gasteiger partial charge is 0.166 e. The van der Waals surface area contributed by atoms with Crippen LogP contribution < -0.4 is 15.2 Å². The third-order valence-electron chi connectivity index (χ3n) is 3.08. The van der Waals surface area contributed by atoms with Gasteiger partial charge in [-0.3, -0.25) is 4.68 Å².